The molecule has 0 bridgehead atoms. The highest BCUT2D eigenvalue weighted by atomic mass is 32.2. The van der Waals surface area contributed by atoms with E-state index in [9.17, 15) is 28.2 Å². The molecule has 1 aromatic carbocycles. The number of aromatic nitrogens is 3. The second-order valence-electron chi connectivity index (χ2n) is 24.0. The van der Waals surface area contributed by atoms with Crippen LogP contribution in [0, 0.1) is 40.9 Å². The Morgan fingerprint density at radius 3 is 2.25 bits per heavy atom. The molecular formula is C57H89F3N6O12S. The normalized spacial score (nSPS) is 40.3. The highest BCUT2D eigenvalue weighted by molar-refractivity contribution is 7.99. The molecule has 5 aliphatic rings. The number of rotatable bonds is 18. The molecule has 0 aliphatic carbocycles. The summed E-state index contributed by atoms with van der Waals surface area (Å²) in [6.45, 7) is 19.6. The number of benzene rings is 1. The summed E-state index contributed by atoms with van der Waals surface area (Å²) >= 11 is 0.424. The van der Waals surface area contributed by atoms with Crippen molar-refractivity contribution in [3.05, 3.63) is 41.7 Å². The molecule has 6 heterocycles. The Bertz CT molecular complexity index is 2400. The summed E-state index contributed by atoms with van der Waals surface area (Å²) < 4.78 is 94.2. The molecule has 0 radical (unpaired) electrons. The lowest BCUT2D eigenvalue weighted by Gasteiger charge is -2.53. The largest absolute Gasteiger partial charge is 0.458 e. The molecule has 4 fully saturated rings. The monoisotopic (exact) mass is 1140 g/mol. The summed E-state index contributed by atoms with van der Waals surface area (Å²) in [7, 11) is 6.53. The van der Waals surface area contributed by atoms with Crippen LogP contribution in [0.1, 0.15) is 125 Å². The van der Waals surface area contributed by atoms with Gasteiger partial charge in [0.2, 0.25) is 0 Å². The number of hydrogen-bond donors (Lipinski definition) is 3. The molecule has 79 heavy (non-hydrogen) atoms. The minimum atomic E-state index is -2.57. The van der Waals surface area contributed by atoms with E-state index >= 15 is 4.79 Å². The Morgan fingerprint density at radius 1 is 0.987 bits per heavy atom. The highest BCUT2D eigenvalue weighted by Gasteiger charge is 2.62. The molecule has 4 N–H and O–H groups in total. The number of aliphatic hydroxyl groups is 2. The predicted octanol–water partition coefficient (Wildman–Crippen LogP) is 7.17. The minimum Gasteiger partial charge on any atom is -0.458 e. The maximum atomic E-state index is 15.2. The first-order chi connectivity index (χ1) is 37.3. The van der Waals surface area contributed by atoms with E-state index in [-0.39, 0.29) is 49.2 Å². The fraction of sp³-hybridized carbons (Fsp3) is 0.807. The van der Waals surface area contributed by atoms with Crippen molar-refractivity contribution in [2.75, 3.05) is 54.7 Å². The molecule has 5 aliphatic heterocycles. The van der Waals surface area contributed by atoms with Crippen molar-refractivity contribution in [1.82, 2.24) is 19.9 Å². The molecule has 21 atom stereocenters. The Labute approximate surface area is 469 Å². The quantitative estimate of drug-likeness (QED) is 0.0995. The van der Waals surface area contributed by atoms with E-state index in [1.165, 1.54) is 11.8 Å². The second kappa shape index (κ2) is 25.7. The molecule has 7 rings (SSSR count). The molecule has 4 saturated heterocycles. The van der Waals surface area contributed by atoms with Crippen LogP contribution < -0.4 is 5.73 Å². The smallest absolute Gasteiger partial charge is 0.309 e. The average Bonchev–Trinajstić information content (AvgIpc) is 4.03. The molecule has 2 unspecified atom stereocenters. The predicted molar refractivity (Wildman–Crippen MR) is 290 cm³/mol. The van der Waals surface area contributed by atoms with Gasteiger partial charge in [-0.3, -0.25) is 14.6 Å². The van der Waals surface area contributed by atoms with Crippen molar-refractivity contribution in [3.63, 3.8) is 0 Å². The zero-order valence-corrected chi connectivity index (χ0v) is 49.5. The summed E-state index contributed by atoms with van der Waals surface area (Å²) in [5.74, 6) is -6.44. The zero-order chi connectivity index (χ0) is 58.1. The van der Waals surface area contributed by atoms with Crippen LogP contribution in [-0.4, -0.2) is 180 Å². The molecule has 2 aromatic rings. The third-order valence-corrected chi connectivity index (χ3v) is 19.8. The van der Waals surface area contributed by atoms with Crippen LogP contribution >= 0.6 is 11.8 Å². The van der Waals surface area contributed by atoms with E-state index in [0.29, 0.717) is 66.7 Å². The molecular weight excluding hydrogens is 1050 g/mol. The summed E-state index contributed by atoms with van der Waals surface area (Å²) in [4.78, 5) is 36.0. The number of esters is 2. The van der Waals surface area contributed by atoms with Crippen LogP contribution in [0.4, 0.5) is 13.2 Å². The first kappa shape index (κ1) is 63.3. The fourth-order valence-corrected chi connectivity index (χ4v) is 14.8. The van der Waals surface area contributed by atoms with Gasteiger partial charge in [-0.1, -0.05) is 63.7 Å². The molecule has 0 amide bonds. The van der Waals surface area contributed by atoms with Gasteiger partial charge in [-0.2, -0.15) is 8.78 Å². The van der Waals surface area contributed by atoms with Crippen molar-refractivity contribution in [3.8, 4) is 0 Å². The topological polar surface area (TPSA) is 221 Å². The summed E-state index contributed by atoms with van der Waals surface area (Å²) in [6, 6.07) is 5.01. The van der Waals surface area contributed by atoms with Crippen molar-refractivity contribution in [1.29, 1.82) is 0 Å². The van der Waals surface area contributed by atoms with Gasteiger partial charge in [-0.25, -0.2) is 9.07 Å². The molecule has 0 spiro atoms. The van der Waals surface area contributed by atoms with E-state index in [1.54, 1.807) is 51.6 Å². The number of thioether (sulfide) groups is 1. The van der Waals surface area contributed by atoms with E-state index in [2.05, 4.69) is 24.2 Å². The number of halogens is 3. The number of likely N-dealkylation sites (N-methyl/N-ethyl adjacent to an activating group) is 1. The Kier molecular flexibility index (Phi) is 20.6. The second-order valence-corrected chi connectivity index (χ2v) is 25.0. The van der Waals surface area contributed by atoms with Crippen LogP contribution in [-0.2, 0) is 53.9 Å². The summed E-state index contributed by atoms with van der Waals surface area (Å²) in [6.07, 6.45) is -4.11. The number of cyclic esters (lactones) is 1. The molecule has 0 saturated carbocycles. The Morgan fingerprint density at radius 2 is 1.67 bits per heavy atom. The Hall–Kier alpha value is -3.29. The lowest BCUT2D eigenvalue weighted by Crippen LogP contribution is -2.62. The number of nitrogens with zero attached hydrogens (tertiary/aromatic N) is 5. The number of carbonyl (C=O) groups is 2. The number of aliphatic hydroxyl groups excluding tert-OH is 2. The van der Waals surface area contributed by atoms with Gasteiger partial charge in [-0.15, -0.1) is 5.10 Å². The maximum Gasteiger partial charge on any atom is 0.309 e. The maximum absolute atomic E-state index is 15.2. The number of nitrogens with two attached hydrogens (primary N) is 1. The third kappa shape index (κ3) is 12.6. The molecule has 18 nitrogen and oxygen atoms in total. The third-order valence-electron chi connectivity index (χ3n) is 19.1. The van der Waals surface area contributed by atoms with E-state index in [1.807, 2.05) is 60.4 Å². The summed E-state index contributed by atoms with van der Waals surface area (Å²) in [5, 5.41) is 32.7. The van der Waals surface area contributed by atoms with Crippen LogP contribution in [0.15, 0.2) is 40.4 Å². The number of hydrogen-bond acceptors (Lipinski definition) is 18. The van der Waals surface area contributed by atoms with Gasteiger partial charge >= 0.3 is 11.9 Å². The number of aliphatic imine (C=N–C) groups is 1. The number of ether oxygens (including phenoxy) is 8. The number of carbonyl (C=O) groups excluding carboxylic acids is 2. The van der Waals surface area contributed by atoms with Gasteiger partial charge in [0.15, 0.2) is 6.29 Å². The minimum absolute atomic E-state index is 0.130. The van der Waals surface area contributed by atoms with Crippen LogP contribution in [0.2, 0.25) is 0 Å². The lowest BCUT2D eigenvalue weighted by atomic mass is 9.57. The summed E-state index contributed by atoms with van der Waals surface area (Å²) in [5.41, 5.74) is 4.86. The van der Waals surface area contributed by atoms with Crippen molar-refractivity contribution < 1.29 is 70.9 Å². The molecule has 446 valence electrons. The first-order valence-corrected chi connectivity index (χ1v) is 29.0. The SMILES string of the molecule is CC[C@H]1OC(=O)[C@H](C)C([C@H]2C[C@@](C)(OC)[C@@H](O)[C@H](C)O2)[C@H](C)[C@@H](O[C@@H]2O[C@H](C)C[C@H](N(C)CCc3cn([C@H](CF)[C@H](OC)c4ccc(SC(F)F)cc4)nn3)[C@H]2O)[C@](C)(OC)C[C@@H](C)C2=NCC2(CN)[C@H](C)[C@H]2CC(=O)O[C@@]21C. The van der Waals surface area contributed by atoms with Crippen molar-refractivity contribution in [2.45, 2.75) is 202 Å². The van der Waals surface area contributed by atoms with E-state index in [4.69, 9.17) is 48.6 Å². The number of fused-ring (bicyclic) bond motifs is 2. The van der Waals surface area contributed by atoms with E-state index < -0.39 is 119 Å². The fourth-order valence-electron chi connectivity index (χ4n) is 14.3. The first-order valence-electron chi connectivity index (χ1n) is 28.1. The zero-order valence-electron chi connectivity index (χ0n) is 48.7. The van der Waals surface area contributed by atoms with Crippen LogP contribution in [0.25, 0.3) is 0 Å². The number of alkyl halides is 3. The van der Waals surface area contributed by atoms with Gasteiger partial charge < -0.3 is 58.7 Å². The van der Waals surface area contributed by atoms with Gasteiger partial charge in [0.1, 0.15) is 42.7 Å². The van der Waals surface area contributed by atoms with Crippen LogP contribution in [0.3, 0.4) is 0 Å². The molecule has 22 heteroatoms. The molecule has 1 aromatic heterocycles. The van der Waals surface area contributed by atoms with Crippen LogP contribution in [0.5, 0.6) is 0 Å². The Balaban J connectivity index is 1.21. The van der Waals surface area contributed by atoms with Crippen molar-refractivity contribution >= 4 is 29.4 Å². The number of methoxy groups -OCH3 is 3. The average molecular weight is 1140 g/mol. The van der Waals surface area contributed by atoms with Gasteiger partial charge in [0.25, 0.3) is 5.76 Å². The lowest BCUT2D eigenvalue weighted by molar-refractivity contribution is -0.304. The van der Waals surface area contributed by atoms with Gasteiger partial charge in [0, 0.05) is 87.4 Å². The highest BCUT2D eigenvalue weighted by Crippen LogP contribution is 2.53. The van der Waals surface area contributed by atoms with Gasteiger partial charge in [-0.05, 0) is 96.4 Å². The van der Waals surface area contributed by atoms with Crippen molar-refractivity contribution in [2.24, 2.45) is 51.6 Å². The van der Waals surface area contributed by atoms with Gasteiger partial charge in [0.05, 0.1) is 60.2 Å². The standard InChI is InChI=1S/C57H89F3N6O12S/c1-15-43-56(10)39(23-44(67)78-56)34(6)57(28-61)29-62-48(57)30(2)24-55(9,73-14)50(32(4)45(33(5)51(70)76-43)42-25-54(8,72-13)49(69)35(7)75-42)77-52-46(68)40(22-31(3)74-52)65(11)21-20-37-27-66(64-63-37)41(26-58)47(71-12)36-16-18-38(19-17-36)79-53(59)60/h16-19,27,30-35,39-43,45-47,49-50,52-53,68-69H,15,20-26,28-29,61H2,1-14H3/t30-,31-,32+,33-,34-,35+,39-,40+,41-,42-,43-,45?,46-,47-,49+,50-,52+,54-,55-,56+,57?/m1/s1. The van der Waals surface area contributed by atoms with E-state index in [0.717, 1.165) is 5.71 Å².